The summed E-state index contributed by atoms with van der Waals surface area (Å²) >= 11 is 1.71. The predicted molar refractivity (Wildman–Crippen MR) is 89.1 cm³/mol. The minimum Gasteiger partial charge on any atom is -0.366 e. The Hall–Kier alpha value is -0.620. The van der Waals surface area contributed by atoms with Gasteiger partial charge in [0.25, 0.3) is 5.91 Å². The molecule has 2 rings (SSSR count). The van der Waals surface area contributed by atoms with Crippen LogP contribution in [0.15, 0.2) is 17.5 Å². The molecule has 2 N–H and O–H groups in total. The van der Waals surface area contributed by atoms with Crippen molar-refractivity contribution in [3.05, 3.63) is 22.4 Å². The Morgan fingerprint density at radius 3 is 2.81 bits per heavy atom. The third kappa shape index (κ3) is 4.95. The van der Waals surface area contributed by atoms with E-state index in [0.29, 0.717) is 19.1 Å². The zero-order chi connectivity index (χ0) is 14.4. The van der Waals surface area contributed by atoms with Gasteiger partial charge < -0.3 is 15.4 Å². The van der Waals surface area contributed by atoms with E-state index in [0.717, 1.165) is 19.4 Å². The molecule has 0 spiro atoms. The van der Waals surface area contributed by atoms with E-state index >= 15 is 0 Å². The van der Waals surface area contributed by atoms with Gasteiger partial charge in [0.2, 0.25) is 0 Å². The number of amides is 1. The number of morpholine rings is 1. The third-order valence-electron chi connectivity index (χ3n) is 3.89. The quantitative estimate of drug-likeness (QED) is 0.842. The lowest BCUT2D eigenvalue weighted by Gasteiger charge is -2.29. The van der Waals surface area contributed by atoms with Gasteiger partial charge in [0.05, 0.1) is 12.6 Å². The Bertz CT molecular complexity index is 404. The van der Waals surface area contributed by atoms with E-state index in [1.807, 2.05) is 6.07 Å². The topological polar surface area (TPSA) is 50.4 Å². The summed E-state index contributed by atoms with van der Waals surface area (Å²) in [6.07, 6.45) is 1.76. The van der Waals surface area contributed by atoms with Crippen LogP contribution >= 0.6 is 23.7 Å². The minimum atomic E-state index is -0.361. The molecule has 0 aromatic carbocycles. The normalized spacial score (nSPS) is 19.9. The highest BCUT2D eigenvalue weighted by atomic mass is 35.5. The van der Waals surface area contributed by atoms with E-state index in [9.17, 15) is 4.79 Å². The molecule has 4 nitrogen and oxygen atoms in total. The first-order valence-electron chi connectivity index (χ1n) is 7.42. The van der Waals surface area contributed by atoms with E-state index in [1.165, 1.54) is 4.88 Å². The molecule has 1 aliphatic rings. The standard InChI is InChI=1S/C15H24N2O2S.ClH/c1-3-11(4-2)14(13-6-5-9-20-13)17-15(18)12-10-16-7-8-19-12;/h5-6,9,11-12,14,16H,3-4,7-8,10H2,1-2H3,(H,17,18);1H. The molecule has 21 heavy (non-hydrogen) atoms. The highest BCUT2D eigenvalue weighted by Gasteiger charge is 2.28. The number of nitrogens with one attached hydrogen (secondary N) is 2. The maximum absolute atomic E-state index is 12.4. The van der Waals surface area contributed by atoms with E-state index in [-0.39, 0.29) is 30.5 Å². The summed E-state index contributed by atoms with van der Waals surface area (Å²) in [5.74, 6) is 0.469. The molecule has 1 aromatic rings. The van der Waals surface area contributed by atoms with E-state index in [2.05, 4.69) is 35.9 Å². The molecular formula is C15H25ClN2O2S. The van der Waals surface area contributed by atoms with Gasteiger partial charge in [0.1, 0.15) is 6.10 Å². The molecule has 0 bridgehead atoms. The number of ether oxygens (including phenoxy) is 1. The van der Waals surface area contributed by atoms with Crippen LogP contribution in [0.1, 0.15) is 37.6 Å². The number of hydrogen-bond donors (Lipinski definition) is 2. The van der Waals surface area contributed by atoms with Crippen molar-refractivity contribution in [1.82, 2.24) is 10.6 Å². The molecule has 1 aliphatic heterocycles. The first-order chi connectivity index (χ1) is 9.76. The first-order valence-corrected chi connectivity index (χ1v) is 8.30. The summed E-state index contributed by atoms with van der Waals surface area (Å²) in [7, 11) is 0. The average molecular weight is 333 g/mol. The molecule has 1 saturated heterocycles. The summed E-state index contributed by atoms with van der Waals surface area (Å²) in [6.45, 7) is 6.39. The van der Waals surface area contributed by atoms with Gasteiger partial charge in [-0.15, -0.1) is 23.7 Å². The molecule has 0 radical (unpaired) electrons. The van der Waals surface area contributed by atoms with Gasteiger partial charge in [-0.3, -0.25) is 4.79 Å². The lowest BCUT2D eigenvalue weighted by atomic mass is 9.92. The number of carbonyl (C=O) groups excluding carboxylic acids is 1. The zero-order valence-corrected chi connectivity index (χ0v) is 14.3. The average Bonchev–Trinajstić information content (AvgIpc) is 3.02. The van der Waals surface area contributed by atoms with E-state index in [4.69, 9.17) is 4.74 Å². The monoisotopic (exact) mass is 332 g/mol. The minimum absolute atomic E-state index is 0. The molecule has 120 valence electrons. The van der Waals surface area contributed by atoms with Gasteiger partial charge in [-0.2, -0.15) is 0 Å². The highest BCUT2D eigenvalue weighted by Crippen LogP contribution is 2.30. The molecule has 6 heteroatoms. The van der Waals surface area contributed by atoms with Crippen molar-refractivity contribution in [2.75, 3.05) is 19.7 Å². The largest absolute Gasteiger partial charge is 0.366 e. The molecule has 1 aromatic heterocycles. The second kappa shape index (κ2) is 9.41. The molecule has 2 unspecified atom stereocenters. The molecule has 1 amide bonds. The number of hydrogen-bond acceptors (Lipinski definition) is 4. The summed E-state index contributed by atoms with van der Waals surface area (Å²) in [4.78, 5) is 13.6. The van der Waals surface area contributed by atoms with Crippen LogP contribution in [0, 0.1) is 5.92 Å². The van der Waals surface area contributed by atoms with Gasteiger partial charge in [-0.25, -0.2) is 0 Å². The van der Waals surface area contributed by atoms with E-state index < -0.39 is 0 Å². The molecule has 1 fully saturated rings. The molecule has 0 aliphatic carbocycles. The number of thiophene rings is 1. The molecule has 2 heterocycles. The molecular weight excluding hydrogens is 308 g/mol. The fourth-order valence-electron chi connectivity index (χ4n) is 2.63. The first kappa shape index (κ1) is 18.4. The maximum atomic E-state index is 12.4. The van der Waals surface area contributed by atoms with Crippen LogP contribution in [-0.4, -0.2) is 31.7 Å². The summed E-state index contributed by atoms with van der Waals surface area (Å²) in [5.41, 5.74) is 0. The van der Waals surface area contributed by atoms with Crippen LogP contribution in [0.5, 0.6) is 0 Å². The van der Waals surface area contributed by atoms with Crippen molar-refractivity contribution >= 4 is 29.7 Å². The van der Waals surface area contributed by atoms with Gasteiger partial charge in [-0.05, 0) is 17.4 Å². The van der Waals surface area contributed by atoms with Crippen molar-refractivity contribution in [3.8, 4) is 0 Å². The number of halogens is 1. The van der Waals surface area contributed by atoms with Crippen molar-refractivity contribution < 1.29 is 9.53 Å². The summed E-state index contributed by atoms with van der Waals surface area (Å²) in [5, 5.41) is 8.46. The fraction of sp³-hybridized carbons (Fsp3) is 0.667. The fourth-order valence-corrected chi connectivity index (χ4v) is 3.50. The maximum Gasteiger partial charge on any atom is 0.250 e. The van der Waals surface area contributed by atoms with Crippen LogP contribution in [0.3, 0.4) is 0 Å². The van der Waals surface area contributed by atoms with Gasteiger partial charge in [0.15, 0.2) is 0 Å². The second-order valence-corrected chi connectivity index (χ2v) is 6.12. The van der Waals surface area contributed by atoms with E-state index in [1.54, 1.807) is 11.3 Å². The Kier molecular flexibility index (Phi) is 8.26. The van der Waals surface area contributed by atoms with Crippen LogP contribution in [0.2, 0.25) is 0 Å². The van der Waals surface area contributed by atoms with Crippen LogP contribution in [0.4, 0.5) is 0 Å². The van der Waals surface area contributed by atoms with Crippen molar-refractivity contribution in [1.29, 1.82) is 0 Å². The molecule has 2 atom stereocenters. The lowest BCUT2D eigenvalue weighted by molar-refractivity contribution is -0.135. The molecule has 0 saturated carbocycles. The van der Waals surface area contributed by atoms with Crippen LogP contribution in [-0.2, 0) is 9.53 Å². The zero-order valence-electron chi connectivity index (χ0n) is 12.6. The third-order valence-corrected chi connectivity index (χ3v) is 4.84. The highest BCUT2D eigenvalue weighted by molar-refractivity contribution is 7.10. The predicted octanol–water partition coefficient (Wildman–Crippen LogP) is 2.75. The van der Waals surface area contributed by atoms with Gasteiger partial charge in [0, 0.05) is 18.0 Å². The van der Waals surface area contributed by atoms with Gasteiger partial charge >= 0.3 is 0 Å². The van der Waals surface area contributed by atoms with Crippen molar-refractivity contribution in [2.45, 2.75) is 38.8 Å². The second-order valence-electron chi connectivity index (χ2n) is 5.14. The van der Waals surface area contributed by atoms with Crippen molar-refractivity contribution in [3.63, 3.8) is 0 Å². The SMILES string of the molecule is CCC(CC)C(NC(=O)C1CNCCO1)c1cccs1.Cl. The Morgan fingerprint density at radius 2 is 2.29 bits per heavy atom. The van der Waals surface area contributed by atoms with Gasteiger partial charge in [-0.1, -0.05) is 32.8 Å². The Morgan fingerprint density at radius 1 is 1.52 bits per heavy atom. The number of rotatable bonds is 6. The Labute approximate surface area is 137 Å². The Balaban J connectivity index is 0.00000220. The smallest absolute Gasteiger partial charge is 0.250 e. The summed E-state index contributed by atoms with van der Waals surface area (Å²) in [6, 6.07) is 4.25. The summed E-state index contributed by atoms with van der Waals surface area (Å²) < 4.78 is 5.53. The lowest BCUT2D eigenvalue weighted by Crippen LogP contribution is -2.49. The number of carbonyl (C=O) groups is 1. The van der Waals surface area contributed by atoms with Crippen LogP contribution in [0.25, 0.3) is 0 Å². The van der Waals surface area contributed by atoms with Crippen molar-refractivity contribution in [2.24, 2.45) is 5.92 Å². The van der Waals surface area contributed by atoms with Crippen LogP contribution < -0.4 is 10.6 Å².